The van der Waals surface area contributed by atoms with Gasteiger partial charge < -0.3 is 9.47 Å². The highest BCUT2D eigenvalue weighted by Gasteiger charge is 2.48. The van der Waals surface area contributed by atoms with E-state index in [1.807, 2.05) is 0 Å². The van der Waals surface area contributed by atoms with Crippen LogP contribution >= 0.6 is 0 Å². The van der Waals surface area contributed by atoms with E-state index in [1.165, 1.54) is 13.2 Å². The van der Waals surface area contributed by atoms with Crippen molar-refractivity contribution in [3.05, 3.63) is 12.7 Å². The maximum absolute atomic E-state index is 11.9. The number of methoxy groups -OCH3 is 1. The van der Waals surface area contributed by atoms with Crippen molar-refractivity contribution < 1.29 is 19.1 Å². The van der Waals surface area contributed by atoms with Crippen LogP contribution < -0.4 is 0 Å². The SMILES string of the molecule is C=CCOC(=O)C1(COC)CCCCC1=O. The van der Waals surface area contributed by atoms with Gasteiger partial charge in [-0.25, -0.2) is 0 Å². The van der Waals surface area contributed by atoms with E-state index in [-0.39, 0.29) is 19.0 Å². The van der Waals surface area contributed by atoms with Crippen LogP contribution in [0.2, 0.25) is 0 Å². The van der Waals surface area contributed by atoms with E-state index in [0.717, 1.165) is 12.8 Å². The molecule has 0 spiro atoms. The molecule has 0 bridgehead atoms. The summed E-state index contributed by atoms with van der Waals surface area (Å²) in [7, 11) is 1.49. The van der Waals surface area contributed by atoms with E-state index < -0.39 is 11.4 Å². The molecule has 0 radical (unpaired) electrons. The Hall–Kier alpha value is -1.16. The molecule has 0 aliphatic heterocycles. The lowest BCUT2D eigenvalue weighted by molar-refractivity contribution is -0.165. The molecule has 0 aromatic carbocycles. The Kier molecular flexibility index (Phi) is 4.68. The molecule has 1 aliphatic rings. The van der Waals surface area contributed by atoms with Crippen molar-refractivity contribution in [2.75, 3.05) is 20.3 Å². The minimum absolute atomic E-state index is 0.0605. The molecule has 1 saturated carbocycles. The van der Waals surface area contributed by atoms with Crippen molar-refractivity contribution in [2.24, 2.45) is 5.41 Å². The summed E-state index contributed by atoms with van der Waals surface area (Å²) in [5.74, 6) is -0.534. The third-order valence-corrected chi connectivity index (χ3v) is 2.90. The van der Waals surface area contributed by atoms with Crippen LogP contribution in [-0.2, 0) is 19.1 Å². The third-order valence-electron chi connectivity index (χ3n) is 2.90. The second-order valence-corrected chi connectivity index (χ2v) is 4.03. The Morgan fingerprint density at radius 2 is 2.31 bits per heavy atom. The van der Waals surface area contributed by atoms with Crippen molar-refractivity contribution in [1.82, 2.24) is 0 Å². The van der Waals surface area contributed by atoms with E-state index in [1.54, 1.807) is 0 Å². The Morgan fingerprint density at radius 3 is 2.88 bits per heavy atom. The maximum atomic E-state index is 11.9. The number of Topliss-reactive ketones (excluding diaryl/α,β-unsaturated/α-hetero) is 1. The lowest BCUT2D eigenvalue weighted by atomic mass is 9.73. The highest BCUT2D eigenvalue weighted by molar-refractivity contribution is 6.04. The van der Waals surface area contributed by atoms with Gasteiger partial charge in [-0.05, 0) is 12.8 Å². The van der Waals surface area contributed by atoms with Gasteiger partial charge >= 0.3 is 5.97 Å². The zero-order chi connectivity index (χ0) is 12.0. The van der Waals surface area contributed by atoms with Crippen LogP contribution in [0.4, 0.5) is 0 Å². The number of ketones is 1. The molecule has 1 aliphatic carbocycles. The molecule has 0 heterocycles. The first-order valence-corrected chi connectivity index (χ1v) is 5.48. The quantitative estimate of drug-likeness (QED) is 0.405. The number of hydrogen-bond donors (Lipinski definition) is 0. The smallest absolute Gasteiger partial charge is 0.322 e. The number of esters is 1. The maximum Gasteiger partial charge on any atom is 0.322 e. The summed E-state index contributed by atoms with van der Waals surface area (Å²) >= 11 is 0. The minimum atomic E-state index is -1.07. The standard InChI is InChI=1S/C12H18O4/c1-3-8-16-11(14)12(9-15-2)7-5-4-6-10(12)13/h3H,1,4-9H2,2H3. The van der Waals surface area contributed by atoms with E-state index in [9.17, 15) is 9.59 Å². The molecule has 0 N–H and O–H groups in total. The molecule has 4 heteroatoms. The molecule has 0 saturated heterocycles. The van der Waals surface area contributed by atoms with Crippen molar-refractivity contribution >= 4 is 11.8 Å². The second kappa shape index (κ2) is 5.80. The van der Waals surface area contributed by atoms with Gasteiger partial charge in [-0.15, -0.1) is 0 Å². The van der Waals surface area contributed by atoms with Gasteiger partial charge in [0.25, 0.3) is 0 Å². The summed E-state index contributed by atoms with van der Waals surface area (Å²) in [6, 6.07) is 0. The van der Waals surface area contributed by atoms with Gasteiger partial charge in [0.1, 0.15) is 12.0 Å². The normalized spacial score (nSPS) is 25.2. The Labute approximate surface area is 95.6 Å². The molecular weight excluding hydrogens is 208 g/mol. The highest BCUT2D eigenvalue weighted by Crippen LogP contribution is 2.34. The highest BCUT2D eigenvalue weighted by atomic mass is 16.5. The van der Waals surface area contributed by atoms with Crippen LogP contribution in [0, 0.1) is 5.41 Å². The molecule has 4 nitrogen and oxygen atoms in total. The summed E-state index contributed by atoms with van der Waals surface area (Å²) in [5, 5.41) is 0. The molecule has 16 heavy (non-hydrogen) atoms. The average Bonchev–Trinajstić information content (AvgIpc) is 2.29. The zero-order valence-electron chi connectivity index (χ0n) is 9.66. The second-order valence-electron chi connectivity index (χ2n) is 4.03. The van der Waals surface area contributed by atoms with Crippen molar-refractivity contribution in [1.29, 1.82) is 0 Å². The topological polar surface area (TPSA) is 52.6 Å². The summed E-state index contributed by atoms with van der Waals surface area (Å²) in [6.45, 7) is 3.72. The van der Waals surface area contributed by atoms with Gasteiger partial charge in [0.15, 0.2) is 5.78 Å². The minimum Gasteiger partial charge on any atom is -0.461 e. The molecule has 0 aromatic rings. The molecular formula is C12H18O4. The fraction of sp³-hybridized carbons (Fsp3) is 0.667. The van der Waals surface area contributed by atoms with Crippen molar-refractivity contribution in [3.8, 4) is 0 Å². The van der Waals surface area contributed by atoms with Crippen molar-refractivity contribution in [2.45, 2.75) is 25.7 Å². The largest absolute Gasteiger partial charge is 0.461 e. The van der Waals surface area contributed by atoms with Crippen LogP contribution in [0.25, 0.3) is 0 Å². The molecule has 90 valence electrons. The zero-order valence-corrected chi connectivity index (χ0v) is 9.66. The molecule has 1 unspecified atom stereocenters. The number of carbonyl (C=O) groups is 2. The van der Waals surface area contributed by atoms with Crippen LogP contribution in [0.5, 0.6) is 0 Å². The van der Waals surface area contributed by atoms with Gasteiger partial charge in [0.05, 0.1) is 6.61 Å². The van der Waals surface area contributed by atoms with E-state index >= 15 is 0 Å². The van der Waals surface area contributed by atoms with Crippen molar-refractivity contribution in [3.63, 3.8) is 0 Å². The lowest BCUT2D eigenvalue weighted by Crippen LogP contribution is -2.46. The monoisotopic (exact) mass is 226 g/mol. The summed E-state index contributed by atoms with van der Waals surface area (Å²) in [4.78, 5) is 23.8. The summed E-state index contributed by atoms with van der Waals surface area (Å²) < 4.78 is 10.0. The lowest BCUT2D eigenvalue weighted by Gasteiger charge is -2.32. The number of rotatable bonds is 5. The van der Waals surface area contributed by atoms with Gasteiger partial charge in [-0.2, -0.15) is 0 Å². The fourth-order valence-electron chi connectivity index (χ4n) is 2.04. The molecule has 1 rings (SSSR count). The van der Waals surface area contributed by atoms with Crippen LogP contribution in [0.1, 0.15) is 25.7 Å². The van der Waals surface area contributed by atoms with Gasteiger partial charge in [-0.3, -0.25) is 9.59 Å². The third kappa shape index (κ3) is 2.50. The predicted octanol–water partition coefficient (Wildman–Crippen LogP) is 1.49. The first kappa shape index (κ1) is 12.9. The summed E-state index contributed by atoms with van der Waals surface area (Å²) in [6.07, 6.45) is 4.16. The predicted molar refractivity (Wildman–Crippen MR) is 58.9 cm³/mol. The Balaban J connectivity index is 2.80. The molecule has 0 aromatic heterocycles. The van der Waals surface area contributed by atoms with Crippen LogP contribution in [0.15, 0.2) is 12.7 Å². The van der Waals surface area contributed by atoms with E-state index in [0.29, 0.717) is 12.8 Å². The van der Waals surface area contributed by atoms with Gasteiger partial charge in [-0.1, -0.05) is 19.1 Å². The molecule has 1 atom stereocenters. The van der Waals surface area contributed by atoms with Crippen LogP contribution in [0.3, 0.4) is 0 Å². The summed E-state index contributed by atoms with van der Waals surface area (Å²) in [5.41, 5.74) is -1.07. The Bertz CT molecular complexity index is 281. The van der Waals surface area contributed by atoms with E-state index in [2.05, 4.69) is 6.58 Å². The van der Waals surface area contributed by atoms with Gasteiger partial charge in [0.2, 0.25) is 0 Å². The number of ether oxygens (including phenoxy) is 2. The number of hydrogen-bond acceptors (Lipinski definition) is 4. The molecule has 0 amide bonds. The molecule has 1 fully saturated rings. The number of carbonyl (C=O) groups excluding carboxylic acids is 2. The Morgan fingerprint density at radius 1 is 1.56 bits per heavy atom. The first-order valence-electron chi connectivity index (χ1n) is 5.48. The average molecular weight is 226 g/mol. The van der Waals surface area contributed by atoms with E-state index in [4.69, 9.17) is 9.47 Å². The fourth-order valence-corrected chi connectivity index (χ4v) is 2.04. The van der Waals surface area contributed by atoms with Crippen LogP contribution in [-0.4, -0.2) is 32.1 Å². The first-order chi connectivity index (χ1) is 7.67. The van der Waals surface area contributed by atoms with Gasteiger partial charge in [0, 0.05) is 13.5 Å².